The quantitative estimate of drug-likeness (QED) is 0.515. The molecule has 96 valence electrons. The first-order valence-electron chi connectivity index (χ1n) is 5.16. The standard InChI is InChI=1S/C11H14I3NO2/c12-8-5-10(13)9(11(14)6-8)7-15(1-3-16)2-4-17/h5-6,16-17H,1-4,7H2. The highest BCUT2D eigenvalue weighted by Crippen LogP contribution is 2.23. The van der Waals surface area contributed by atoms with Crippen LogP contribution in [0, 0.1) is 10.7 Å². The van der Waals surface area contributed by atoms with E-state index in [0.29, 0.717) is 13.1 Å². The van der Waals surface area contributed by atoms with Crippen LogP contribution in [0.4, 0.5) is 0 Å². The summed E-state index contributed by atoms with van der Waals surface area (Å²) in [6, 6.07) is 4.30. The number of hydrogen-bond acceptors (Lipinski definition) is 3. The normalized spacial score (nSPS) is 11.2. The van der Waals surface area contributed by atoms with Crippen molar-refractivity contribution in [1.82, 2.24) is 4.90 Å². The predicted octanol–water partition coefficient (Wildman–Crippen LogP) is 2.29. The van der Waals surface area contributed by atoms with E-state index in [0.717, 1.165) is 6.54 Å². The molecule has 0 amide bonds. The smallest absolute Gasteiger partial charge is 0.0558 e. The van der Waals surface area contributed by atoms with Gasteiger partial charge in [0, 0.05) is 30.3 Å². The van der Waals surface area contributed by atoms with Crippen molar-refractivity contribution >= 4 is 67.8 Å². The zero-order chi connectivity index (χ0) is 12.8. The molecule has 3 nitrogen and oxygen atoms in total. The highest BCUT2D eigenvalue weighted by molar-refractivity contribution is 14.1. The van der Waals surface area contributed by atoms with Crippen LogP contribution in [0.1, 0.15) is 5.56 Å². The summed E-state index contributed by atoms with van der Waals surface area (Å²) in [5.41, 5.74) is 1.27. The van der Waals surface area contributed by atoms with E-state index in [1.165, 1.54) is 16.3 Å². The summed E-state index contributed by atoms with van der Waals surface area (Å²) < 4.78 is 3.70. The van der Waals surface area contributed by atoms with E-state index < -0.39 is 0 Å². The van der Waals surface area contributed by atoms with Crippen molar-refractivity contribution in [3.05, 3.63) is 28.4 Å². The lowest BCUT2D eigenvalue weighted by molar-refractivity contribution is 0.155. The second-order valence-corrected chi connectivity index (χ2v) is 7.14. The Hall–Kier alpha value is 1.29. The Balaban J connectivity index is 2.84. The fourth-order valence-electron chi connectivity index (χ4n) is 1.50. The molecule has 0 spiro atoms. The number of halogens is 3. The zero-order valence-electron chi connectivity index (χ0n) is 9.17. The van der Waals surface area contributed by atoms with Gasteiger partial charge in [-0.05, 0) is 85.5 Å². The van der Waals surface area contributed by atoms with Gasteiger partial charge in [0.25, 0.3) is 0 Å². The Morgan fingerprint density at radius 1 is 0.941 bits per heavy atom. The summed E-state index contributed by atoms with van der Waals surface area (Å²) in [5.74, 6) is 0. The molecule has 0 aromatic heterocycles. The van der Waals surface area contributed by atoms with E-state index in [1.54, 1.807) is 0 Å². The van der Waals surface area contributed by atoms with Crippen molar-refractivity contribution in [2.45, 2.75) is 6.54 Å². The van der Waals surface area contributed by atoms with Crippen LogP contribution in [0.3, 0.4) is 0 Å². The molecule has 1 rings (SSSR count). The molecule has 0 heterocycles. The molecule has 0 saturated heterocycles. The lowest BCUT2D eigenvalue weighted by Crippen LogP contribution is -2.30. The Bertz CT molecular complexity index is 345. The molecule has 2 N–H and O–H groups in total. The molecule has 17 heavy (non-hydrogen) atoms. The topological polar surface area (TPSA) is 43.7 Å². The fourth-order valence-corrected chi connectivity index (χ4v) is 5.42. The molecule has 0 unspecified atom stereocenters. The largest absolute Gasteiger partial charge is 0.395 e. The lowest BCUT2D eigenvalue weighted by atomic mass is 10.2. The number of rotatable bonds is 6. The third kappa shape index (κ3) is 5.43. The molecule has 0 saturated carbocycles. The van der Waals surface area contributed by atoms with Crippen LogP contribution < -0.4 is 0 Å². The summed E-state index contributed by atoms with van der Waals surface area (Å²) in [4.78, 5) is 2.06. The number of aliphatic hydroxyl groups is 2. The SMILES string of the molecule is OCCN(CCO)Cc1c(I)cc(I)cc1I. The minimum absolute atomic E-state index is 0.123. The maximum absolute atomic E-state index is 9.00. The van der Waals surface area contributed by atoms with Gasteiger partial charge in [-0.3, -0.25) is 4.90 Å². The van der Waals surface area contributed by atoms with E-state index >= 15 is 0 Å². The third-order valence-electron chi connectivity index (χ3n) is 2.32. The molecule has 6 heteroatoms. The van der Waals surface area contributed by atoms with Gasteiger partial charge in [-0.25, -0.2) is 0 Å². The predicted molar refractivity (Wildman–Crippen MR) is 94.0 cm³/mol. The van der Waals surface area contributed by atoms with E-state index in [9.17, 15) is 0 Å². The molecule has 0 aliphatic carbocycles. The summed E-state index contributed by atoms with van der Waals surface area (Å²) >= 11 is 6.99. The summed E-state index contributed by atoms with van der Waals surface area (Å²) in [7, 11) is 0. The molecule has 1 aromatic carbocycles. The van der Waals surface area contributed by atoms with Gasteiger partial charge in [-0.1, -0.05) is 0 Å². The molecule has 1 aromatic rings. The monoisotopic (exact) mass is 573 g/mol. The molecule has 0 aliphatic rings. The molecule has 0 radical (unpaired) electrons. The molecule has 0 bridgehead atoms. The lowest BCUT2D eigenvalue weighted by Gasteiger charge is -2.21. The van der Waals surface area contributed by atoms with Crippen molar-refractivity contribution in [3.63, 3.8) is 0 Å². The van der Waals surface area contributed by atoms with Gasteiger partial charge in [-0.2, -0.15) is 0 Å². The van der Waals surface area contributed by atoms with Gasteiger partial charge in [-0.15, -0.1) is 0 Å². The van der Waals surface area contributed by atoms with Crippen molar-refractivity contribution in [1.29, 1.82) is 0 Å². The second kappa shape index (κ2) is 8.46. The zero-order valence-corrected chi connectivity index (χ0v) is 15.6. The maximum Gasteiger partial charge on any atom is 0.0558 e. The van der Waals surface area contributed by atoms with Crippen LogP contribution in [0.15, 0.2) is 12.1 Å². The highest BCUT2D eigenvalue weighted by atomic mass is 127. The van der Waals surface area contributed by atoms with Crippen LogP contribution in [0.25, 0.3) is 0 Å². The summed E-state index contributed by atoms with van der Waals surface area (Å²) in [6.45, 7) is 2.21. The van der Waals surface area contributed by atoms with E-state index in [1.807, 2.05) is 0 Å². The number of benzene rings is 1. The van der Waals surface area contributed by atoms with Crippen LogP contribution >= 0.6 is 67.8 Å². The van der Waals surface area contributed by atoms with Gasteiger partial charge in [0.05, 0.1) is 13.2 Å². The number of hydrogen-bond donors (Lipinski definition) is 2. The average molecular weight is 573 g/mol. The molecular weight excluding hydrogens is 559 g/mol. The van der Waals surface area contributed by atoms with Crippen molar-refractivity contribution < 1.29 is 10.2 Å². The van der Waals surface area contributed by atoms with Crippen molar-refractivity contribution in [3.8, 4) is 0 Å². The van der Waals surface area contributed by atoms with Crippen LogP contribution in [-0.2, 0) is 6.54 Å². The van der Waals surface area contributed by atoms with Crippen LogP contribution in [-0.4, -0.2) is 41.4 Å². The van der Waals surface area contributed by atoms with E-state index in [-0.39, 0.29) is 13.2 Å². The summed E-state index contributed by atoms with van der Waals surface area (Å²) in [5, 5.41) is 18.0. The second-order valence-electron chi connectivity index (χ2n) is 3.57. The van der Waals surface area contributed by atoms with E-state index in [4.69, 9.17) is 10.2 Å². The van der Waals surface area contributed by atoms with Crippen LogP contribution in [0.5, 0.6) is 0 Å². The number of aliphatic hydroxyl groups excluding tert-OH is 2. The number of nitrogens with zero attached hydrogens (tertiary/aromatic N) is 1. The first-order valence-corrected chi connectivity index (χ1v) is 8.39. The minimum Gasteiger partial charge on any atom is -0.395 e. The van der Waals surface area contributed by atoms with Gasteiger partial charge in [0.1, 0.15) is 0 Å². The minimum atomic E-state index is 0.123. The molecule has 0 aliphatic heterocycles. The van der Waals surface area contributed by atoms with E-state index in [2.05, 4.69) is 84.8 Å². The van der Waals surface area contributed by atoms with Gasteiger partial charge >= 0.3 is 0 Å². The molecule has 0 fully saturated rings. The van der Waals surface area contributed by atoms with Crippen molar-refractivity contribution in [2.24, 2.45) is 0 Å². The Kier molecular flexibility index (Phi) is 8.13. The highest BCUT2D eigenvalue weighted by Gasteiger charge is 2.11. The van der Waals surface area contributed by atoms with Crippen LogP contribution in [0.2, 0.25) is 0 Å². The first-order chi connectivity index (χ1) is 8.08. The van der Waals surface area contributed by atoms with Gasteiger partial charge in [0.2, 0.25) is 0 Å². The summed E-state index contributed by atoms with van der Waals surface area (Å²) in [6.07, 6.45) is 0. The molecule has 0 atom stereocenters. The van der Waals surface area contributed by atoms with Gasteiger partial charge < -0.3 is 10.2 Å². The molecular formula is C11H14I3NO2. The van der Waals surface area contributed by atoms with Gasteiger partial charge in [0.15, 0.2) is 0 Å². The Labute approximate surface area is 142 Å². The van der Waals surface area contributed by atoms with Crippen molar-refractivity contribution in [2.75, 3.05) is 26.3 Å². The first kappa shape index (κ1) is 16.3. The fraction of sp³-hybridized carbons (Fsp3) is 0.455. The average Bonchev–Trinajstić information content (AvgIpc) is 2.23. The maximum atomic E-state index is 9.00. The third-order valence-corrected chi connectivity index (χ3v) is 4.87. The Morgan fingerprint density at radius 3 is 1.82 bits per heavy atom. The Morgan fingerprint density at radius 2 is 1.41 bits per heavy atom.